The summed E-state index contributed by atoms with van der Waals surface area (Å²) < 4.78 is 11.4. The average molecular weight is 329 g/mol. The minimum atomic E-state index is -1.04. The number of carbonyl (C=O) groups is 2. The summed E-state index contributed by atoms with van der Waals surface area (Å²) in [5, 5.41) is 0. The number of nitrogens with zero attached hydrogens (tertiary/aromatic N) is 1. The van der Waals surface area contributed by atoms with Crippen molar-refractivity contribution in [1.82, 2.24) is 4.57 Å². The summed E-state index contributed by atoms with van der Waals surface area (Å²) in [6, 6.07) is 13.8. The third kappa shape index (κ3) is 5.08. The Hall–Kier alpha value is -2.89. The molecular formula is C18H19NO5. The van der Waals surface area contributed by atoms with E-state index < -0.39 is 18.0 Å². The number of hydrogen-bond donors (Lipinski definition) is 0. The second-order valence-corrected chi connectivity index (χ2v) is 5.09. The highest BCUT2D eigenvalue weighted by molar-refractivity contribution is 5.79. The molecule has 0 saturated carbocycles. The van der Waals surface area contributed by atoms with Crippen molar-refractivity contribution in [1.29, 1.82) is 0 Å². The van der Waals surface area contributed by atoms with Gasteiger partial charge >= 0.3 is 11.9 Å². The van der Waals surface area contributed by atoms with E-state index in [1.54, 1.807) is 19.1 Å². The lowest BCUT2D eigenvalue weighted by atomic mass is 10.1. The largest absolute Gasteiger partial charge is 0.463 e. The molecule has 0 radical (unpaired) electrons. The number of esters is 2. The molecule has 0 saturated heterocycles. The van der Waals surface area contributed by atoms with Gasteiger partial charge in [0.1, 0.15) is 6.54 Å². The van der Waals surface area contributed by atoms with E-state index in [1.807, 2.05) is 30.3 Å². The molecule has 0 amide bonds. The first-order chi connectivity index (χ1) is 11.6. The van der Waals surface area contributed by atoms with Crippen molar-refractivity contribution in [3.05, 3.63) is 70.6 Å². The summed E-state index contributed by atoms with van der Waals surface area (Å²) in [4.78, 5) is 35.8. The minimum Gasteiger partial charge on any atom is -0.463 e. The van der Waals surface area contributed by atoms with Gasteiger partial charge in [-0.2, -0.15) is 0 Å². The molecule has 0 aliphatic heterocycles. The van der Waals surface area contributed by atoms with Crippen molar-refractivity contribution < 1.29 is 19.1 Å². The quantitative estimate of drug-likeness (QED) is 0.721. The van der Waals surface area contributed by atoms with Crippen molar-refractivity contribution in [3.8, 4) is 0 Å². The molecule has 0 aliphatic rings. The Morgan fingerprint density at radius 2 is 1.79 bits per heavy atom. The zero-order valence-electron chi connectivity index (χ0n) is 13.4. The molecule has 1 aromatic heterocycles. The number of aromatic nitrogens is 1. The minimum absolute atomic E-state index is 0.194. The fraction of sp³-hybridized carbons (Fsp3) is 0.278. The summed E-state index contributed by atoms with van der Waals surface area (Å²) in [5.74, 6) is -1.27. The first kappa shape index (κ1) is 17.5. The van der Waals surface area contributed by atoms with Crippen molar-refractivity contribution in [2.75, 3.05) is 6.61 Å². The van der Waals surface area contributed by atoms with E-state index in [1.165, 1.54) is 16.8 Å². The van der Waals surface area contributed by atoms with Crippen molar-refractivity contribution in [3.63, 3.8) is 0 Å². The topological polar surface area (TPSA) is 74.6 Å². The van der Waals surface area contributed by atoms with Gasteiger partial charge in [-0.05, 0) is 18.6 Å². The van der Waals surface area contributed by atoms with Crippen LogP contribution in [0.3, 0.4) is 0 Å². The highest BCUT2D eigenvalue weighted by atomic mass is 16.6. The molecule has 0 fully saturated rings. The maximum absolute atomic E-state index is 12.1. The van der Waals surface area contributed by atoms with Crippen molar-refractivity contribution >= 4 is 11.9 Å². The maximum atomic E-state index is 12.1. The average Bonchev–Trinajstić information content (AvgIpc) is 2.57. The van der Waals surface area contributed by atoms with Crippen molar-refractivity contribution in [2.45, 2.75) is 26.0 Å². The Bertz CT molecular complexity index is 738. The third-order valence-electron chi connectivity index (χ3n) is 3.29. The van der Waals surface area contributed by atoms with Crippen LogP contribution < -0.4 is 5.56 Å². The van der Waals surface area contributed by atoms with E-state index in [-0.39, 0.29) is 25.1 Å². The van der Waals surface area contributed by atoms with E-state index >= 15 is 0 Å². The molecule has 1 aromatic carbocycles. The lowest BCUT2D eigenvalue weighted by Crippen LogP contribution is -2.34. The molecule has 0 N–H and O–H groups in total. The molecule has 0 aliphatic carbocycles. The van der Waals surface area contributed by atoms with Crippen LogP contribution in [0.4, 0.5) is 0 Å². The smallest absolute Gasteiger partial charge is 0.347 e. The predicted molar refractivity (Wildman–Crippen MR) is 87.4 cm³/mol. The number of carbonyl (C=O) groups excluding carboxylic acids is 2. The number of rotatable bonds is 7. The Balaban J connectivity index is 2.06. The molecule has 2 rings (SSSR count). The summed E-state index contributed by atoms with van der Waals surface area (Å²) in [7, 11) is 0. The van der Waals surface area contributed by atoms with Gasteiger partial charge < -0.3 is 14.0 Å². The number of benzene rings is 1. The fourth-order valence-corrected chi connectivity index (χ4v) is 2.16. The lowest BCUT2D eigenvalue weighted by Gasteiger charge is -2.17. The number of pyridine rings is 1. The van der Waals surface area contributed by atoms with Crippen LogP contribution in [0.5, 0.6) is 0 Å². The second-order valence-electron chi connectivity index (χ2n) is 5.09. The molecule has 0 bridgehead atoms. The SMILES string of the molecule is CCOC(=O)[C@@H](Cc1ccccc1)OC(=O)Cn1ccccc1=O. The zero-order valence-corrected chi connectivity index (χ0v) is 13.4. The van der Waals surface area contributed by atoms with E-state index in [0.717, 1.165) is 5.56 Å². The zero-order chi connectivity index (χ0) is 17.4. The van der Waals surface area contributed by atoms with Crippen LogP contribution in [0, 0.1) is 0 Å². The number of ether oxygens (including phenoxy) is 2. The van der Waals surface area contributed by atoms with Crippen LogP contribution in [-0.2, 0) is 32.0 Å². The normalized spacial score (nSPS) is 11.5. The van der Waals surface area contributed by atoms with Crippen LogP contribution >= 0.6 is 0 Å². The highest BCUT2D eigenvalue weighted by Crippen LogP contribution is 2.09. The number of hydrogen-bond acceptors (Lipinski definition) is 5. The third-order valence-corrected chi connectivity index (χ3v) is 3.29. The monoisotopic (exact) mass is 329 g/mol. The van der Waals surface area contributed by atoms with Gasteiger partial charge in [-0.25, -0.2) is 4.79 Å². The Morgan fingerprint density at radius 1 is 1.08 bits per heavy atom. The summed E-state index contributed by atoms with van der Waals surface area (Å²) in [6.45, 7) is 1.62. The molecule has 2 aromatic rings. The van der Waals surface area contributed by atoms with Gasteiger partial charge in [0.25, 0.3) is 5.56 Å². The molecule has 1 heterocycles. The molecule has 24 heavy (non-hydrogen) atoms. The van der Waals surface area contributed by atoms with Crippen molar-refractivity contribution in [2.24, 2.45) is 0 Å². The first-order valence-corrected chi connectivity index (χ1v) is 7.65. The van der Waals surface area contributed by atoms with Gasteiger partial charge in [-0.3, -0.25) is 9.59 Å². The summed E-state index contributed by atoms with van der Waals surface area (Å²) in [6.07, 6.45) is 0.661. The van der Waals surface area contributed by atoms with E-state index in [4.69, 9.17) is 9.47 Å². The van der Waals surface area contributed by atoms with Gasteiger partial charge in [0.2, 0.25) is 6.10 Å². The summed E-state index contributed by atoms with van der Waals surface area (Å²) in [5.41, 5.74) is 0.533. The van der Waals surface area contributed by atoms with Crippen LogP contribution in [0.25, 0.3) is 0 Å². The standard InChI is InChI=1S/C18H19NO5/c1-2-23-18(22)15(12-14-8-4-3-5-9-14)24-17(21)13-19-11-7-6-10-16(19)20/h3-11,15H,2,12-13H2,1H3/t15-/m1/s1. The molecule has 6 nitrogen and oxygen atoms in total. The molecule has 6 heteroatoms. The van der Waals surface area contributed by atoms with E-state index in [2.05, 4.69) is 0 Å². The Morgan fingerprint density at radius 3 is 2.46 bits per heavy atom. The van der Waals surface area contributed by atoms with Crippen LogP contribution in [0.1, 0.15) is 12.5 Å². The van der Waals surface area contributed by atoms with Gasteiger partial charge in [0, 0.05) is 18.7 Å². The second kappa shape index (κ2) is 8.67. The fourth-order valence-electron chi connectivity index (χ4n) is 2.16. The van der Waals surface area contributed by atoms with Gasteiger partial charge in [0.05, 0.1) is 6.61 Å². The van der Waals surface area contributed by atoms with Crippen LogP contribution in [0.15, 0.2) is 59.5 Å². The summed E-state index contributed by atoms with van der Waals surface area (Å²) >= 11 is 0. The predicted octanol–water partition coefficient (Wildman–Crippen LogP) is 1.57. The van der Waals surface area contributed by atoms with E-state index in [0.29, 0.717) is 0 Å². The molecular weight excluding hydrogens is 310 g/mol. The molecule has 126 valence electrons. The van der Waals surface area contributed by atoms with Gasteiger partial charge in [-0.1, -0.05) is 36.4 Å². The Kier molecular flexibility index (Phi) is 6.31. The Labute approximate surface area is 139 Å². The molecule has 1 atom stereocenters. The van der Waals surface area contributed by atoms with Crippen LogP contribution in [0.2, 0.25) is 0 Å². The first-order valence-electron chi connectivity index (χ1n) is 7.65. The van der Waals surface area contributed by atoms with Gasteiger partial charge in [0.15, 0.2) is 0 Å². The lowest BCUT2D eigenvalue weighted by molar-refractivity contribution is -0.168. The molecule has 0 unspecified atom stereocenters. The van der Waals surface area contributed by atoms with Crippen LogP contribution in [-0.4, -0.2) is 29.2 Å². The van der Waals surface area contributed by atoms with Gasteiger partial charge in [-0.15, -0.1) is 0 Å². The molecule has 0 spiro atoms. The highest BCUT2D eigenvalue weighted by Gasteiger charge is 2.25. The van der Waals surface area contributed by atoms with E-state index in [9.17, 15) is 14.4 Å². The maximum Gasteiger partial charge on any atom is 0.347 e.